The molecule has 0 saturated carbocycles. The first-order chi connectivity index (χ1) is 8.65. The van der Waals surface area contributed by atoms with Crippen molar-refractivity contribution < 1.29 is 4.74 Å². The van der Waals surface area contributed by atoms with Gasteiger partial charge in [0, 0.05) is 5.56 Å². The van der Waals surface area contributed by atoms with E-state index in [1.165, 1.54) is 12.7 Å². The van der Waals surface area contributed by atoms with Gasteiger partial charge in [-0.2, -0.15) is 0 Å². The molecule has 3 rings (SSSR count). The van der Waals surface area contributed by atoms with Crippen LogP contribution in [0.3, 0.4) is 0 Å². The monoisotopic (exact) mass is 248 g/mol. The molecule has 0 aliphatic carbocycles. The fourth-order valence-electron chi connectivity index (χ4n) is 3.06. The maximum absolute atomic E-state index is 5.95. The molecule has 3 unspecified atom stereocenters. The second-order valence-electron chi connectivity index (χ2n) is 5.54. The average Bonchev–Trinajstić information content (AvgIpc) is 2.90. The molecule has 0 spiro atoms. The van der Waals surface area contributed by atoms with Crippen LogP contribution < -0.4 is 11.1 Å². The van der Waals surface area contributed by atoms with Crippen molar-refractivity contribution in [3.05, 3.63) is 11.9 Å². The second kappa shape index (κ2) is 4.39. The number of nitrogen functional groups attached to an aromatic ring is 1. The lowest BCUT2D eigenvalue weighted by Crippen LogP contribution is -2.31. The molecule has 0 aromatic carbocycles. The van der Waals surface area contributed by atoms with E-state index < -0.39 is 0 Å². The van der Waals surface area contributed by atoms with E-state index in [4.69, 9.17) is 10.5 Å². The van der Waals surface area contributed by atoms with Crippen molar-refractivity contribution in [1.82, 2.24) is 9.97 Å². The fourth-order valence-corrected chi connectivity index (χ4v) is 3.06. The number of nitrogens with one attached hydrogen (secondary N) is 1. The van der Waals surface area contributed by atoms with E-state index in [2.05, 4.69) is 29.1 Å². The number of aromatic nitrogens is 2. The molecule has 2 aliphatic rings. The van der Waals surface area contributed by atoms with Gasteiger partial charge in [0.2, 0.25) is 0 Å². The molecule has 2 aliphatic heterocycles. The quantitative estimate of drug-likeness (QED) is 0.855. The third-order valence-electron chi connectivity index (χ3n) is 3.92. The predicted molar refractivity (Wildman–Crippen MR) is 70.5 cm³/mol. The van der Waals surface area contributed by atoms with E-state index in [1.807, 2.05) is 0 Å². The van der Waals surface area contributed by atoms with Crippen molar-refractivity contribution in [2.24, 2.45) is 0 Å². The predicted octanol–water partition coefficient (Wildman–Crippen LogP) is 1.91. The van der Waals surface area contributed by atoms with Crippen molar-refractivity contribution in [3.63, 3.8) is 0 Å². The molecule has 98 valence electrons. The van der Waals surface area contributed by atoms with Crippen LogP contribution >= 0.6 is 0 Å². The summed E-state index contributed by atoms with van der Waals surface area (Å²) < 4.78 is 5.85. The summed E-state index contributed by atoms with van der Waals surface area (Å²) in [6.07, 6.45) is 5.73. The highest BCUT2D eigenvalue weighted by Gasteiger charge is 2.41. The summed E-state index contributed by atoms with van der Waals surface area (Å²) in [7, 11) is 0. The highest BCUT2D eigenvalue weighted by atomic mass is 16.5. The van der Waals surface area contributed by atoms with E-state index in [1.54, 1.807) is 0 Å². The normalized spacial score (nSPS) is 30.1. The van der Waals surface area contributed by atoms with Gasteiger partial charge in [-0.05, 0) is 25.2 Å². The zero-order valence-electron chi connectivity index (χ0n) is 10.9. The Bertz CT molecular complexity index is 449. The summed E-state index contributed by atoms with van der Waals surface area (Å²) in [5.41, 5.74) is 6.96. The SMILES string of the molecule is CC(C)c1c(N)ncnc1NC1CC2CCC1O2. The number of hydrogen-bond donors (Lipinski definition) is 2. The van der Waals surface area contributed by atoms with Crippen LogP contribution in [0.4, 0.5) is 11.6 Å². The minimum Gasteiger partial charge on any atom is -0.383 e. The van der Waals surface area contributed by atoms with E-state index in [0.29, 0.717) is 30.0 Å². The van der Waals surface area contributed by atoms with E-state index in [9.17, 15) is 0 Å². The zero-order valence-corrected chi connectivity index (χ0v) is 10.9. The van der Waals surface area contributed by atoms with Crippen LogP contribution in [0.25, 0.3) is 0 Å². The number of anilines is 2. The summed E-state index contributed by atoms with van der Waals surface area (Å²) in [6, 6.07) is 0.371. The lowest BCUT2D eigenvalue weighted by molar-refractivity contribution is 0.102. The van der Waals surface area contributed by atoms with Crippen molar-refractivity contribution >= 4 is 11.6 Å². The second-order valence-corrected chi connectivity index (χ2v) is 5.54. The van der Waals surface area contributed by atoms with Crippen LogP contribution in [-0.4, -0.2) is 28.2 Å². The Morgan fingerprint density at radius 2 is 2.22 bits per heavy atom. The van der Waals surface area contributed by atoms with Gasteiger partial charge in [0.1, 0.15) is 18.0 Å². The van der Waals surface area contributed by atoms with Gasteiger partial charge in [-0.1, -0.05) is 13.8 Å². The first-order valence-corrected chi connectivity index (χ1v) is 6.67. The number of nitrogens with two attached hydrogens (primary N) is 1. The van der Waals surface area contributed by atoms with E-state index in [0.717, 1.165) is 24.2 Å². The molecule has 1 aromatic rings. The smallest absolute Gasteiger partial charge is 0.135 e. The van der Waals surface area contributed by atoms with E-state index in [-0.39, 0.29) is 0 Å². The number of nitrogens with zero attached hydrogens (tertiary/aromatic N) is 2. The first kappa shape index (κ1) is 11.7. The highest BCUT2D eigenvalue weighted by molar-refractivity contribution is 5.57. The molecule has 18 heavy (non-hydrogen) atoms. The van der Waals surface area contributed by atoms with Crippen molar-refractivity contribution in [1.29, 1.82) is 0 Å². The Morgan fingerprint density at radius 1 is 1.39 bits per heavy atom. The molecule has 5 nitrogen and oxygen atoms in total. The average molecular weight is 248 g/mol. The molecule has 3 atom stereocenters. The third kappa shape index (κ3) is 1.92. The van der Waals surface area contributed by atoms with Crippen molar-refractivity contribution in [2.45, 2.75) is 57.3 Å². The molecule has 5 heteroatoms. The number of hydrogen-bond acceptors (Lipinski definition) is 5. The molecule has 2 saturated heterocycles. The summed E-state index contributed by atoms with van der Waals surface area (Å²) in [5.74, 6) is 1.76. The van der Waals surface area contributed by atoms with Crippen LogP contribution in [0, 0.1) is 0 Å². The fraction of sp³-hybridized carbons (Fsp3) is 0.692. The highest BCUT2D eigenvalue weighted by Crippen LogP contribution is 2.37. The molecular formula is C13H20N4O. The summed E-state index contributed by atoms with van der Waals surface area (Å²) >= 11 is 0. The number of rotatable bonds is 3. The molecule has 1 aromatic heterocycles. The minimum absolute atomic E-state index is 0.313. The van der Waals surface area contributed by atoms with Gasteiger partial charge < -0.3 is 15.8 Å². The van der Waals surface area contributed by atoms with Gasteiger partial charge in [0.15, 0.2) is 0 Å². The lowest BCUT2D eigenvalue weighted by Gasteiger charge is -2.23. The van der Waals surface area contributed by atoms with Crippen LogP contribution in [0.1, 0.15) is 44.6 Å². The van der Waals surface area contributed by atoms with Crippen molar-refractivity contribution in [2.75, 3.05) is 11.1 Å². The Balaban J connectivity index is 1.82. The van der Waals surface area contributed by atoms with Crippen LogP contribution in [0.2, 0.25) is 0 Å². The zero-order chi connectivity index (χ0) is 12.7. The summed E-state index contributed by atoms with van der Waals surface area (Å²) in [4.78, 5) is 8.43. The molecule has 2 bridgehead atoms. The topological polar surface area (TPSA) is 73.1 Å². The molecule has 2 fully saturated rings. The van der Waals surface area contributed by atoms with Gasteiger partial charge in [0.25, 0.3) is 0 Å². The van der Waals surface area contributed by atoms with Crippen molar-refractivity contribution in [3.8, 4) is 0 Å². The van der Waals surface area contributed by atoms with Crippen LogP contribution in [0.5, 0.6) is 0 Å². The number of fused-ring (bicyclic) bond motifs is 2. The minimum atomic E-state index is 0.313. The Labute approximate surface area is 107 Å². The molecule has 0 radical (unpaired) electrons. The van der Waals surface area contributed by atoms with Crippen LogP contribution in [0.15, 0.2) is 6.33 Å². The summed E-state index contributed by atoms with van der Waals surface area (Å²) in [5, 5.41) is 3.51. The van der Waals surface area contributed by atoms with Gasteiger partial charge in [0.05, 0.1) is 18.2 Å². The van der Waals surface area contributed by atoms with Gasteiger partial charge in [-0.15, -0.1) is 0 Å². The van der Waals surface area contributed by atoms with E-state index >= 15 is 0 Å². The third-order valence-corrected chi connectivity index (χ3v) is 3.92. The summed E-state index contributed by atoms with van der Waals surface area (Å²) in [6.45, 7) is 4.22. The molecular weight excluding hydrogens is 228 g/mol. The maximum atomic E-state index is 5.95. The molecule has 0 amide bonds. The van der Waals surface area contributed by atoms with Gasteiger partial charge in [-0.3, -0.25) is 0 Å². The maximum Gasteiger partial charge on any atom is 0.135 e. The van der Waals surface area contributed by atoms with Gasteiger partial charge in [-0.25, -0.2) is 9.97 Å². The molecule has 3 heterocycles. The first-order valence-electron chi connectivity index (χ1n) is 6.67. The lowest BCUT2D eigenvalue weighted by atomic mass is 9.95. The van der Waals surface area contributed by atoms with Gasteiger partial charge >= 0.3 is 0 Å². The Kier molecular flexibility index (Phi) is 2.86. The largest absolute Gasteiger partial charge is 0.383 e. The van der Waals surface area contributed by atoms with Crippen LogP contribution in [-0.2, 0) is 4.74 Å². The molecule has 3 N–H and O–H groups in total. The Hall–Kier alpha value is -1.36. The number of ether oxygens (including phenoxy) is 1. The Morgan fingerprint density at radius 3 is 2.83 bits per heavy atom. The standard InChI is InChI=1S/C13H20N4O/c1-7(2)11-12(14)15-6-16-13(11)17-9-5-8-3-4-10(9)18-8/h6-10H,3-5H2,1-2H3,(H3,14,15,16,17).